The summed E-state index contributed by atoms with van der Waals surface area (Å²) in [6, 6.07) is 7.98. The monoisotopic (exact) mass is 237 g/mol. The molecule has 1 amide bonds. The lowest BCUT2D eigenvalue weighted by molar-refractivity contribution is -0.118. The standard InChI is InChI=1S/C13H16ClNO/c1-8(5-13(15)16)11-7-12(11)9-3-2-4-10(14)6-9/h2-4,6,8,11-12H,5,7H2,1H3,(H2,15,16). The van der Waals surface area contributed by atoms with Crippen molar-refractivity contribution in [1.82, 2.24) is 0 Å². The first-order chi connectivity index (χ1) is 7.58. The maximum absolute atomic E-state index is 10.8. The first-order valence-electron chi connectivity index (χ1n) is 5.61. The molecule has 1 aliphatic carbocycles. The van der Waals surface area contributed by atoms with Crippen LogP contribution in [-0.2, 0) is 4.79 Å². The van der Waals surface area contributed by atoms with E-state index in [1.165, 1.54) is 5.56 Å². The third-order valence-corrected chi connectivity index (χ3v) is 3.61. The van der Waals surface area contributed by atoms with Gasteiger partial charge in [-0.05, 0) is 41.9 Å². The Bertz CT molecular complexity index is 405. The Morgan fingerprint density at radius 1 is 1.62 bits per heavy atom. The number of rotatable bonds is 4. The van der Waals surface area contributed by atoms with Crippen LogP contribution in [0.25, 0.3) is 0 Å². The van der Waals surface area contributed by atoms with Gasteiger partial charge in [0.25, 0.3) is 0 Å². The predicted octanol–water partition coefficient (Wildman–Crippen LogP) is 2.96. The molecule has 16 heavy (non-hydrogen) atoms. The highest BCUT2D eigenvalue weighted by Crippen LogP contribution is 2.52. The Balaban J connectivity index is 1.98. The zero-order valence-electron chi connectivity index (χ0n) is 9.32. The fourth-order valence-corrected chi connectivity index (χ4v) is 2.63. The molecule has 1 aliphatic rings. The lowest BCUT2D eigenvalue weighted by atomic mass is 9.98. The van der Waals surface area contributed by atoms with Crippen LogP contribution in [0.5, 0.6) is 0 Å². The number of amides is 1. The summed E-state index contributed by atoms with van der Waals surface area (Å²) in [6.45, 7) is 2.10. The van der Waals surface area contributed by atoms with Crippen molar-refractivity contribution >= 4 is 17.5 Å². The van der Waals surface area contributed by atoms with E-state index < -0.39 is 0 Å². The van der Waals surface area contributed by atoms with Gasteiger partial charge in [-0.2, -0.15) is 0 Å². The second-order valence-corrected chi connectivity index (χ2v) is 5.15. The van der Waals surface area contributed by atoms with Crippen molar-refractivity contribution in [3.05, 3.63) is 34.9 Å². The van der Waals surface area contributed by atoms with Gasteiger partial charge < -0.3 is 5.73 Å². The first kappa shape index (κ1) is 11.5. The van der Waals surface area contributed by atoms with Crippen LogP contribution in [0, 0.1) is 11.8 Å². The van der Waals surface area contributed by atoms with Crippen LogP contribution in [0.3, 0.4) is 0 Å². The van der Waals surface area contributed by atoms with E-state index in [1.807, 2.05) is 18.2 Å². The Hall–Kier alpha value is -1.02. The van der Waals surface area contributed by atoms with Gasteiger partial charge in [-0.15, -0.1) is 0 Å². The second-order valence-electron chi connectivity index (χ2n) is 4.71. The van der Waals surface area contributed by atoms with E-state index in [9.17, 15) is 4.79 Å². The number of carbonyl (C=O) groups excluding carboxylic acids is 1. The molecule has 1 saturated carbocycles. The van der Waals surface area contributed by atoms with Gasteiger partial charge in [-0.3, -0.25) is 4.79 Å². The number of primary amides is 1. The molecule has 1 aromatic carbocycles. The van der Waals surface area contributed by atoms with Crippen LogP contribution in [0.15, 0.2) is 24.3 Å². The highest BCUT2D eigenvalue weighted by atomic mass is 35.5. The van der Waals surface area contributed by atoms with E-state index >= 15 is 0 Å². The summed E-state index contributed by atoms with van der Waals surface area (Å²) in [4.78, 5) is 10.8. The number of halogens is 1. The molecule has 3 unspecified atom stereocenters. The third kappa shape index (κ3) is 2.56. The molecule has 3 atom stereocenters. The Morgan fingerprint density at radius 2 is 2.38 bits per heavy atom. The summed E-state index contributed by atoms with van der Waals surface area (Å²) >= 11 is 5.95. The molecule has 0 radical (unpaired) electrons. The largest absolute Gasteiger partial charge is 0.370 e. The summed E-state index contributed by atoms with van der Waals surface area (Å²) in [5.74, 6) is 1.32. The normalized spacial score (nSPS) is 25.1. The number of hydrogen-bond donors (Lipinski definition) is 1. The van der Waals surface area contributed by atoms with Gasteiger partial charge in [0.2, 0.25) is 5.91 Å². The minimum atomic E-state index is -0.204. The molecule has 86 valence electrons. The van der Waals surface area contributed by atoms with Crippen molar-refractivity contribution in [1.29, 1.82) is 0 Å². The summed E-state index contributed by atoms with van der Waals surface area (Å²) in [6.07, 6.45) is 1.64. The SMILES string of the molecule is CC(CC(N)=O)C1CC1c1cccc(Cl)c1. The van der Waals surface area contributed by atoms with Crippen LogP contribution in [0.4, 0.5) is 0 Å². The molecule has 0 heterocycles. The Morgan fingerprint density at radius 3 is 3.00 bits per heavy atom. The molecule has 0 aromatic heterocycles. The lowest BCUT2D eigenvalue weighted by Crippen LogP contribution is -2.16. The van der Waals surface area contributed by atoms with Gasteiger partial charge in [0.15, 0.2) is 0 Å². The van der Waals surface area contributed by atoms with Crippen LogP contribution < -0.4 is 5.73 Å². The number of nitrogens with two attached hydrogens (primary N) is 1. The lowest BCUT2D eigenvalue weighted by Gasteiger charge is -2.08. The summed E-state index contributed by atoms with van der Waals surface area (Å²) in [5, 5.41) is 0.783. The molecule has 2 N–H and O–H groups in total. The molecule has 1 fully saturated rings. The fraction of sp³-hybridized carbons (Fsp3) is 0.462. The number of benzene rings is 1. The molecule has 0 bridgehead atoms. The van der Waals surface area contributed by atoms with E-state index in [0.29, 0.717) is 24.2 Å². The maximum Gasteiger partial charge on any atom is 0.217 e. The molecule has 1 aromatic rings. The maximum atomic E-state index is 10.8. The van der Waals surface area contributed by atoms with Gasteiger partial charge in [-0.25, -0.2) is 0 Å². The second kappa shape index (κ2) is 4.46. The van der Waals surface area contributed by atoms with E-state index in [0.717, 1.165) is 11.4 Å². The molecule has 2 nitrogen and oxygen atoms in total. The number of hydrogen-bond acceptors (Lipinski definition) is 1. The zero-order valence-corrected chi connectivity index (χ0v) is 10.1. The molecule has 0 spiro atoms. The van der Waals surface area contributed by atoms with Crippen LogP contribution >= 0.6 is 11.6 Å². The van der Waals surface area contributed by atoms with Crippen molar-refractivity contribution < 1.29 is 4.79 Å². The van der Waals surface area contributed by atoms with Crippen molar-refractivity contribution in [2.45, 2.75) is 25.7 Å². The van der Waals surface area contributed by atoms with Gasteiger partial charge in [0.05, 0.1) is 0 Å². The molecule has 3 heteroatoms. The van der Waals surface area contributed by atoms with Crippen molar-refractivity contribution in [2.75, 3.05) is 0 Å². The van der Waals surface area contributed by atoms with Gasteiger partial charge in [0.1, 0.15) is 0 Å². The van der Waals surface area contributed by atoms with E-state index in [4.69, 9.17) is 17.3 Å². The zero-order chi connectivity index (χ0) is 11.7. The van der Waals surface area contributed by atoms with Crippen molar-refractivity contribution in [3.8, 4) is 0 Å². The Kier molecular flexibility index (Phi) is 3.20. The van der Waals surface area contributed by atoms with Gasteiger partial charge >= 0.3 is 0 Å². The fourth-order valence-electron chi connectivity index (χ4n) is 2.43. The van der Waals surface area contributed by atoms with E-state index in [2.05, 4.69) is 13.0 Å². The summed E-state index contributed by atoms with van der Waals surface area (Å²) in [7, 11) is 0. The summed E-state index contributed by atoms with van der Waals surface area (Å²) < 4.78 is 0. The average Bonchev–Trinajstić information content (AvgIpc) is 2.95. The predicted molar refractivity (Wildman–Crippen MR) is 65.3 cm³/mol. The van der Waals surface area contributed by atoms with Gasteiger partial charge in [0, 0.05) is 11.4 Å². The van der Waals surface area contributed by atoms with E-state index in [-0.39, 0.29) is 5.91 Å². The Labute approximate surface area is 101 Å². The average molecular weight is 238 g/mol. The van der Waals surface area contributed by atoms with Crippen molar-refractivity contribution in [3.63, 3.8) is 0 Å². The first-order valence-corrected chi connectivity index (χ1v) is 5.99. The smallest absolute Gasteiger partial charge is 0.217 e. The highest BCUT2D eigenvalue weighted by molar-refractivity contribution is 6.30. The van der Waals surface area contributed by atoms with Gasteiger partial charge in [-0.1, -0.05) is 30.7 Å². The van der Waals surface area contributed by atoms with Crippen LogP contribution in [0.1, 0.15) is 31.2 Å². The topological polar surface area (TPSA) is 43.1 Å². The molecule has 2 rings (SSSR count). The minimum absolute atomic E-state index is 0.204. The molecule has 0 aliphatic heterocycles. The van der Waals surface area contributed by atoms with Crippen LogP contribution in [0.2, 0.25) is 5.02 Å². The van der Waals surface area contributed by atoms with Crippen molar-refractivity contribution in [2.24, 2.45) is 17.6 Å². The molecular formula is C13H16ClNO. The summed E-state index contributed by atoms with van der Waals surface area (Å²) in [5.41, 5.74) is 6.49. The van der Waals surface area contributed by atoms with E-state index in [1.54, 1.807) is 0 Å². The van der Waals surface area contributed by atoms with Crippen LogP contribution in [-0.4, -0.2) is 5.91 Å². The quantitative estimate of drug-likeness (QED) is 0.860. The number of carbonyl (C=O) groups is 1. The molecule has 0 saturated heterocycles. The highest BCUT2D eigenvalue weighted by Gasteiger charge is 2.42. The minimum Gasteiger partial charge on any atom is -0.370 e. The molecular weight excluding hydrogens is 222 g/mol. The third-order valence-electron chi connectivity index (χ3n) is 3.37.